The van der Waals surface area contributed by atoms with Crippen LogP contribution in [0, 0.1) is 5.92 Å². The van der Waals surface area contributed by atoms with E-state index < -0.39 is 12.0 Å². The zero-order valence-corrected chi connectivity index (χ0v) is 7.94. The van der Waals surface area contributed by atoms with Gasteiger partial charge >= 0.3 is 5.97 Å². The minimum Gasteiger partial charge on any atom is -0.480 e. The number of aliphatic carboxylic acids is 1. The van der Waals surface area contributed by atoms with E-state index in [1.165, 1.54) is 0 Å². The Morgan fingerprint density at radius 3 is 2.79 bits per heavy atom. The second-order valence-corrected chi connectivity index (χ2v) is 3.53. The molecule has 1 aliphatic rings. The van der Waals surface area contributed by atoms with Crippen molar-refractivity contribution in [1.82, 2.24) is 0 Å². The molecule has 0 aliphatic carbocycles. The average molecular weight is 201 g/mol. The maximum Gasteiger partial charge on any atom is 0.320 e. The van der Waals surface area contributed by atoms with E-state index in [2.05, 4.69) is 0 Å². The Balaban J connectivity index is 2.36. The van der Waals surface area contributed by atoms with Crippen molar-refractivity contribution in [3.05, 3.63) is 0 Å². The SMILES string of the molecule is NC(CC(=O)C1CCCOC1)C(=O)O. The maximum absolute atomic E-state index is 11.5. The summed E-state index contributed by atoms with van der Waals surface area (Å²) in [6.07, 6.45) is 1.55. The lowest BCUT2D eigenvalue weighted by Gasteiger charge is -2.21. The second-order valence-electron chi connectivity index (χ2n) is 3.53. The highest BCUT2D eigenvalue weighted by Gasteiger charge is 2.25. The van der Waals surface area contributed by atoms with Crippen molar-refractivity contribution in [3.63, 3.8) is 0 Å². The molecule has 0 aromatic heterocycles. The van der Waals surface area contributed by atoms with Gasteiger partial charge in [0.1, 0.15) is 11.8 Å². The first-order valence-corrected chi connectivity index (χ1v) is 4.70. The van der Waals surface area contributed by atoms with Crippen LogP contribution in [0.4, 0.5) is 0 Å². The fourth-order valence-electron chi connectivity index (χ4n) is 1.47. The zero-order chi connectivity index (χ0) is 10.6. The second kappa shape index (κ2) is 5.07. The molecule has 1 aliphatic heterocycles. The number of hydrogen-bond acceptors (Lipinski definition) is 4. The zero-order valence-electron chi connectivity index (χ0n) is 7.94. The third-order valence-electron chi connectivity index (χ3n) is 2.35. The average Bonchev–Trinajstić information content (AvgIpc) is 2.19. The van der Waals surface area contributed by atoms with Crippen LogP contribution in [0.2, 0.25) is 0 Å². The van der Waals surface area contributed by atoms with Gasteiger partial charge in [0, 0.05) is 18.9 Å². The quantitative estimate of drug-likeness (QED) is 0.656. The Morgan fingerprint density at radius 1 is 1.57 bits per heavy atom. The van der Waals surface area contributed by atoms with Gasteiger partial charge in [0.15, 0.2) is 0 Å². The molecule has 5 nitrogen and oxygen atoms in total. The third kappa shape index (κ3) is 3.08. The number of Topliss-reactive ketones (excluding diaryl/α,β-unsaturated/α-hetero) is 1. The molecule has 0 saturated carbocycles. The van der Waals surface area contributed by atoms with E-state index in [4.69, 9.17) is 15.6 Å². The van der Waals surface area contributed by atoms with Crippen molar-refractivity contribution in [2.75, 3.05) is 13.2 Å². The molecule has 2 atom stereocenters. The molecular formula is C9H15NO4. The number of rotatable bonds is 4. The molecule has 1 heterocycles. The lowest BCUT2D eigenvalue weighted by Crippen LogP contribution is -2.36. The van der Waals surface area contributed by atoms with E-state index in [0.717, 1.165) is 12.8 Å². The summed E-state index contributed by atoms with van der Waals surface area (Å²) >= 11 is 0. The molecule has 0 bridgehead atoms. The summed E-state index contributed by atoms with van der Waals surface area (Å²) in [7, 11) is 0. The van der Waals surface area contributed by atoms with E-state index in [9.17, 15) is 9.59 Å². The van der Waals surface area contributed by atoms with E-state index in [0.29, 0.717) is 13.2 Å². The minimum absolute atomic E-state index is 0.0939. The van der Waals surface area contributed by atoms with Gasteiger partial charge in [-0.2, -0.15) is 0 Å². The predicted molar refractivity (Wildman–Crippen MR) is 48.8 cm³/mol. The van der Waals surface area contributed by atoms with Crippen molar-refractivity contribution in [2.45, 2.75) is 25.3 Å². The van der Waals surface area contributed by atoms with Gasteiger partial charge in [0.25, 0.3) is 0 Å². The number of carbonyl (C=O) groups excluding carboxylic acids is 1. The Hall–Kier alpha value is -0.940. The van der Waals surface area contributed by atoms with Crippen LogP contribution in [-0.2, 0) is 14.3 Å². The molecule has 0 amide bonds. The van der Waals surface area contributed by atoms with Gasteiger partial charge < -0.3 is 15.6 Å². The Morgan fingerprint density at radius 2 is 2.29 bits per heavy atom. The fraction of sp³-hybridized carbons (Fsp3) is 0.778. The number of carboxylic acid groups (broad SMARTS) is 1. The Labute approximate surface area is 82.2 Å². The molecule has 80 valence electrons. The third-order valence-corrected chi connectivity index (χ3v) is 2.35. The van der Waals surface area contributed by atoms with Gasteiger partial charge in [-0.3, -0.25) is 9.59 Å². The monoisotopic (exact) mass is 201 g/mol. The van der Waals surface area contributed by atoms with Crippen LogP contribution < -0.4 is 5.73 Å². The summed E-state index contributed by atoms with van der Waals surface area (Å²) in [5.74, 6) is -1.39. The standard InChI is InChI=1S/C9H15NO4/c10-7(9(12)13)4-8(11)6-2-1-3-14-5-6/h6-7H,1-5,10H2,(H,12,13). The molecule has 3 N–H and O–H groups in total. The van der Waals surface area contributed by atoms with Crippen molar-refractivity contribution in [2.24, 2.45) is 11.7 Å². The van der Waals surface area contributed by atoms with Crippen LogP contribution in [0.5, 0.6) is 0 Å². The van der Waals surface area contributed by atoms with Crippen LogP contribution >= 0.6 is 0 Å². The van der Waals surface area contributed by atoms with Crippen molar-refractivity contribution in [3.8, 4) is 0 Å². The Bertz CT molecular complexity index is 223. The van der Waals surface area contributed by atoms with Crippen LogP contribution in [0.3, 0.4) is 0 Å². The first-order chi connectivity index (χ1) is 6.61. The van der Waals surface area contributed by atoms with E-state index in [1.807, 2.05) is 0 Å². The number of nitrogens with two attached hydrogens (primary N) is 1. The molecule has 0 spiro atoms. The van der Waals surface area contributed by atoms with Crippen LogP contribution in [-0.4, -0.2) is 36.1 Å². The van der Waals surface area contributed by atoms with Crippen LogP contribution in [0.25, 0.3) is 0 Å². The van der Waals surface area contributed by atoms with Crippen LogP contribution in [0.1, 0.15) is 19.3 Å². The molecule has 1 saturated heterocycles. The summed E-state index contributed by atoms with van der Waals surface area (Å²) in [5, 5.41) is 8.52. The highest BCUT2D eigenvalue weighted by atomic mass is 16.5. The summed E-state index contributed by atoms with van der Waals surface area (Å²) in [4.78, 5) is 21.9. The van der Waals surface area contributed by atoms with Crippen molar-refractivity contribution in [1.29, 1.82) is 0 Å². The lowest BCUT2D eigenvalue weighted by molar-refractivity contribution is -0.141. The summed E-state index contributed by atoms with van der Waals surface area (Å²) in [6, 6.07) is -1.08. The van der Waals surface area contributed by atoms with Gasteiger partial charge in [-0.15, -0.1) is 0 Å². The molecule has 1 fully saturated rings. The lowest BCUT2D eigenvalue weighted by atomic mass is 9.93. The number of ketones is 1. The van der Waals surface area contributed by atoms with Crippen molar-refractivity contribution < 1.29 is 19.4 Å². The first kappa shape index (κ1) is 11.1. The van der Waals surface area contributed by atoms with Gasteiger partial charge in [-0.1, -0.05) is 0 Å². The predicted octanol–water partition coefficient (Wildman–Crippen LogP) is -0.216. The molecule has 0 radical (unpaired) electrons. The molecule has 1 rings (SSSR count). The Kier molecular flexibility index (Phi) is 4.03. The summed E-state index contributed by atoms with van der Waals surface area (Å²) < 4.78 is 5.14. The fourth-order valence-corrected chi connectivity index (χ4v) is 1.47. The van der Waals surface area contributed by atoms with E-state index in [-0.39, 0.29) is 18.1 Å². The molecule has 14 heavy (non-hydrogen) atoms. The number of carbonyl (C=O) groups is 2. The van der Waals surface area contributed by atoms with Gasteiger partial charge in [-0.25, -0.2) is 0 Å². The normalized spacial score (nSPS) is 24.2. The minimum atomic E-state index is -1.13. The van der Waals surface area contributed by atoms with Crippen LogP contribution in [0.15, 0.2) is 0 Å². The summed E-state index contributed by atoms with van der Waals surface area (Å²) in [6.45, 7) is 1.10. The molecule has 0 aromatic carbocycles. The molecular weight excluding hydrogens is 186 g/mol. The maximum atomic E-state index is 11.5. The number of hydrogen-bond donors (Lipinski definition) is 2. The van der Waals surface area contributed by atoms with E-state index >= 15 is 0 Å². The van der Waals surface area contributed by atoms with Crippen molar-refractivity contribution >= 4 is 11.8 Å². The molecule has 5 heteroatoms. The highest BCUT2D eigenvalue weighted by Crippen LogP contribution is 2.16. The first-order valence-electron chi connectivity index (χ1n) is 4.70. The topological polar surface area (TPSA) is 89.6 Å². The van der Waals surface area contributed by atoms with Gasteiger partial charge in [-0.05, 0) is 12.8 Å². The highest BCUT2D eigenvalue weighted by molar-refractivity contribution is 5.87. The smallest absolute Gasteiger partial charge is 0.320 e. The number of ether oxygens (including phenoxy) is 1. The summed E-state index contributed by atoms with van der Waals surface area (Å²) in [5.41, 5.74) is 5.26. The molecule has 2 unspecified atom stereocenters. The molecule has 0 aromatic rings. The largest absolute Gasteiger partial charge is 0.480 e. The van der Waals surface area contributed by atoms with E-state index in [1.54, 1.807) is 0 Å². The number of carboxylic acids is 1. The van der Waals surface area contributed by atoms with Gasteiger partial charge in [0.2, 0.25) is 0 Å². The van der Waals surface area contributed by atoms with Gasteiger partial charge in [0.05, 0.1) is 6.61 Å².